The molecule has 0 atom stereocenters. The number of sulfone groups is 1. The maximum atomic E-state index is 13.3. The highest BCUT2D eigenvalue weighted by Gasteiger charge is 2.27. The van der Waals surface area contributed by atoms with Crippen molar-refractivity contribution in [3.8, 4) is 5.75 Å². The van der Waals surface area contributed by atoms with E-state index < -0.39 is 15.7 Å². The zero-order valence-electron chi connectivity index (χ0n) is 10.3. The Labute approximate surface area is 115 Å². The van der Waals surface area contributed by atoms with Gasteiger partial charge < -0.3 is 4.74 Å². The molecule has 0 saturated carbocycles. The fourth-order valence-corrected chi connectivity index (χ4v) is 3.47. The van der Waals surface area contributed by atoms with Crippen LogP contribution in [0.15, 0.2) is 53.0 Å². The molecule has 4 nitrogen and oxygen atoms in total. The van der Waals surface area contributed by atoms with Gasteiger partial charge in [-0.25, -0.2) is 12.8 Å². The van der Waals surface area contributed by atoms with Crippen LogP contribution < -0.4 is 4.74 Å². The summed E-state index contributed by atoms with van der Waals surface area (Å²) in [7, 11) is -3.50. The van der Waals surface area contributed by atoms with Gasteiger partial charge >= 0.3 is 0 Å². The highest BCUT2D eigenvalue weighted by Crippen LogP contribution is 2.34. The SMILES string of the molecule is O=S1(=O)C=C(COc2cccnc2)c2cc(F)ccc21. The van der Waals surface area contributed by atoms with Crippen molar-refractivity contribution in [1.82, 2.24) is 4.98 Å². The van der Waals surface area contributed by atoms with Crippen LogP contribution in [0.2, 0.25) is 0 Å². The zero-order chi connectivity index (χ0) is 14.2. The number of fused-ring (bicyclic) bond motifs is 1. The summed E-state index contributed by atoms with van der Waals surface area (Å²) >= 11 is 0. The molecule has 1 aliphatic rings. The topological polar surface area (TPSA) is 56.3 Å². The number of benzene rings is 1. The molecule has 0 aliphatic carbocycles. The minimum absolute atomic E-state index is 0.0430. The van der Waals surface area contributed by atoms with Gasteiger partial charge in [0.25, 0.3) is 0 Å². The minimum atomic E-state index is -3.50. The highest BCUT2D eigenvalue weighted by molar-refractivity contribution is 7.95. The molecule has 1 aromatic heterocycles. The molecule has 3 rings (SSSR count). The summed E-state index contributed by atoms with van der Waals surface area (Å²) in [5, 5.41) is 1.12. The zero-order valence-corrected chi connectivity index (χ0v) is 11.1. The molecule has 1 aliphatic heterocycles. The molecule has 0 fully saturated rings. The van der Waals surface area contributed by atoms with E-state index in [1.807, 2.05) is 0 Å². The van der Waals surface area contributed by atoms with E-state index in [-0.39, 0.29) is 11.5 Å². The predicted octanol–water partition coefficient (Wildman–Crippen LogP) is 2.43. The number of pyridine rings is 1. The number of hydrogen-bond donors (Lipinski definition) is 0. The van der Waals surface area contributed by atoms with Crippen molar-refractivity contribution in [2.75, 3.05) is 6.61 Å². The molecule has 0 saturated heterocycles. The van der Waals surface area contributed by atoms with Gasteiger partial charge in [0.1, 0.15) is 18.2 Å². The van der Waals surface area contributed by atoms with Crippen molar-refractivity contribution in [3.05, 3.63) is 59.5 Å². The number of aromatic nitrogens is 1. The van der Waals surface area contributed by atoms with E-state index in [2.05, 4.69) is 4.98 Å². The number of nitrogens with zero attached hydrogens (tertiary/aromatic N) is 1. The highest BCUT2D eigenvalue weighted by atomic mass is 32.2. The van der Waals surface area contributed by atoms with Crippen molar-refractivity contribution in [3.63, 3.8) is 0 Å². The van der Waals surface area contributed by atoms with Crippen LogP contribution in [0.4, 0.5) is 4.39 Å². The molecule has 0 radical (unpaired) electrons. The lowest BCUT2D eigenvalue weighted by Gasteiger charge is -2.07. The molecule has 1 aromatic carbocycles. The van der Waals surface area contributed by atoms with Crippen molar-refractivity contribution in [2.24, 2.45) is 0 Å². The number of ether oxygens (including phenoxy) is 1. The van der Waals surface area contributed by atoms with Gasteiger partial charge in [-0.3, -0.25) is 4.98 Å². The smallest absolute Gasteiger partial charge is 0.200 e. The Hall–Kier alpha value is -2.21. The van der Waals surface area contributed by atoms with E-state index >= 15 is 0 Å². The Balaban J connectivity index is 1.91. The van der Waals surface area contributed by atoms with E-state index in [1.165, 1.54) is 18.3 Å². The van der Waals surface area contributed by atoms with Crippen LogP contribution in [0.5, 0.6) is 5.75 Å². The lowest BCUT2D eigenvalue weighted by Crippen LogP contribution is -2.00. The van der Waals surface area contributed by atoms with Gasteiger partial charge in [0.2, 0.25) is 9.84 Å². The normalized spacial score (nSPS) is 15.6. The van der Waals surface area contributed by atoms with Gasteiger partial charge in [-0.1, -0.05) is 0 Å². The van der Waals surface area contributed by atoms with Gasteiger partial charge in [-0.2, -0.15) is 0 Å². The number of hydrogen-bond acceptors (Lipinski definition) is 4. The van der Waals surface area contributed by atoms with Crippen molar-refractivity contribution >= 4 is 15.4 Å². The molecule has 102 valence electrons. The third-order valence-corrected chi connectivity index (χ3v) is 4.48. The third kappa shape index (κ3) is 2.30. The Morgan fingerprint density at radius 1 is 1.25 bits per heavy atom. The molecule has 0 bridgehead atoms. The molecular formula is C14H10FNO3S. The van der Waals surface area contributed by atoms with E-state index in [0.29, 0.717) is 16.9 Å². The Morgan fingerprint density at radius 2 is 2.10 bits per heavy atom. The van der Waals surface area contributed by atoms with Gasteiger partial charge in [0, 0.05) is 22.7 Å². The summed E-state index contributed by atoms with van der Waals surface area (Å²) in [6.07, 6.45) is 3.13. The first-order chi connectivity index (χ1) is 9.56. The first kappa shape index (κ1) is 12.8. The maximum Gasteiger partial charge on any atom is 0.200 e. The first-order valence-corrected chi connectivity index (χ1v) is 7.39. The molecule has 2 aromatic rings. The van der Waals surface area contributed by atoms with Gasteiger partial charge in [0.05, 0.1) is 11.1 Å². The Bertz CT molecular complexity index is 785. The van der Waals surface area contributed by atoms with Crippen LogP contribution >= 0.6 is 0 Å². The molecule has 0 unspecified atom stereocenters. The molecule has 2 heterocycles. The summed E-state index contributed by atoms with van der Waals surface area (Å²) in [5.41, 5.74) is 0.789. The van der Waals surface area contributed by atoms with Crippen molar-refractivity contribution in [2.45, 2.75) is 4.90 Å². The van der Waals surface area contributed by atoms with Crippen molar-refractivity contribution in [1.29, 1.82) is 0 Å². The lowest BCUT2D eigenvalue weighted by molar-refractivity contribution is 0.368. The van der Waals surface area contributed by atoms with E-state index in [0.717, 1.165) is 11.5 Å². The number of halogens is 1. The second kappa shape index (κ2) is 4.72. The molecule has 0 amide bonds. The summed E-state index contributed by atoms with van der Waals surface area (Å²) in [6, 6.07) is 7.03. The predicted molar refractivity (Wildman–Crippen MR) is 71.3 cm³/mol. The second-order valence-electron chi connectivity index (χ2n) is 4.31. The summed E-state index contributed by atoms with van der Waals surface area (Å²) < 4.78 is 42.6. The largest absolute Gasteiger partial charge is 0.487 e. The van der Waals surface area contributed by atoms with Crippen LogP contribution in [0, 0.1) is 5.82 Å². The molecule has 0 spiro atoms. The monoisotopic (exact) mass is 291 g/mol. The van der Waals surface area contributed by atoms with Gasteiger partial charge in [0.15, 0.2) is 0 Å². The quantitative estimate of drug-likeness (QED) is 0.815. The van der Waals surface area contributed by atoms with E-state index in [9.17, 15) is 12.8 Å². The average Bonchev–Trinajstić information content (AvgIpc) is 2.68. The molecule has 0 N–H and O–H groups in total. The van der Waals surface area contributed by atoms with Crippen LogP contribution in [0.3, 0.4) is 0 Å². The molecular weight excluding hydrogens is 281 g/mol. The lowest BCUT2D eigenvalue weighted by atomic mass is 10.1. The third-order valence-electron chi connectivity index (χ3n) is 2.92. The minimum Gasteiger partial charge on any atom is -0.487 e. The Kier molecular flexibility index (Phi) is 3.02. The summed E-state index contributed by atoms with van der Waals surface area (Å²) in [4.78, 5) is 4.01. The number of rotatable bonds is 3. The molecule has 6 heteroatoms. The summed E-state index contributed by atoms with van der Waals surface area (Å²) in [5.74, 6) is 0.0452. The van der Waals surface area contributed by atoms with Crippen molar-refractivity contribution < 1.29 is 17.5 Å². The van der Waals surface area contributed by atoms with E-state index in [1.54, 1.807) is 18.3 Å². The fourth-order valence-electron chi connectivity index (χ4n) is 2.02. The first-order valence-electron chi connectivity index (χ1n) is 5.85. The standard InChI is InChI=1S/C14H10FNO3S/c15-11-3-4-14-13(6-11)10(9-20(14,17)18)8-19-12-2-1-5-16-7-12/h1-7,9H,8H2. The van der Waals surface area contributed by atoms with Crippen LogP contribution in [-0.2, 0) is 9.84 Å². The average molecular weight is 291 g/mol. The van der Waals surface area contributed by atoms with Crippen LogP contribution in [0.25, 0.3) is 5.57 Å². The Morgan fingerprint density at radius 3 is 2.85 bits per heavy atom. The molecule has 20 heavy (non-hydrogen) atoms. The summed E-state index contributed by atoms with van der Waals surface area (Å²) in [6.45, 7) is 0.0430. The van der Waals surface area contributed by atoms with Gasteiger partial charge in [-0.05, 0) is 30.3 Å². The fraction of sp³-hybridized carbons (Fsp3) is 0.0714. The van der Waals surface area contributed by atoms with Crippen LogP contribution in [0.1, 0.15) is 5.56 Å². The maximum absolute atomic E-state index is 13.3. The second-order valence-corrected chi connectivity index (χ2v) is 6.07. The van der Waals surface area contributed by atoms with Crippen LogP contribution in [-0.4, -0.2) is 20.0 Å². The van der Waals surface area contributed by atoms with E-state index in [4.69, 9.17) is 4.74 Å². The van der Waals surface area contributed by atoms with Gasteiger partial charge in [-0.15, -0.1) is 0 Å².